The first kappa shape index (κ1) is 13.9. The van der Waals surface area contributed by atoms with Crippen LogP contribution in [0.4, 0.5) is 13.2 Å². The molecule has 2 N–H and O–H groups in total. The zero-order chi connectivity index (χ0) is 14.7. The summed E-state index contributed by atoms with van der Waals surface area (Å²) in [6.07, 6.45) is 0. The molecule has 0 aliphatic carbocycles. The summed E-state index contributed by atoms with van der Waals surface area (Å²) in [6.45, 7) is -0.207. The molecular formula is C14H10F3NO2. The number of aromatic hydroxyl groups is 1. The van der Waals surface area contributed by atoms with Crippen molar-refractivity contribution < 1.29 is 23.1 Å². The number of halogens is 3. The van der Waals surface area contributed by atoms with E-state index >= 15 is 0 Å². The maximum atomic E-state index is 13.3. The van der Waals surface area contributed by atoms with Gasteiger partial charge in [0.25, 0.3) is 5.91 Å². The van der Waals surface area contributed by atoms with Crippen LogP contribution in [0.25, 0.3) is 0 Å². The first-order valence-electron chi connectivity index (χ1n) is 5.68. The van der Waals surface area contributed by atoms with Crippen molar-refractivity contribution in [1.82, 2.24) is 5.32 Å². The molecule has 2 rings (SSSR count). The van der Waals surface area contributed by atoms with E-state index in [1.165, 1.54) is 6.07 Å². The van der Waals surface area contributed by atoms with Crippen LogP contribution in [0.15, 0.2) is 36.4 Å². The summed E-state index contributed by atoms with van der Waals surface area (Å²) < 4.78 is 39.0. The Bertz CT molecular complexity index is 659. The fourth-order valence-electron chi connectivity index (χ4n) is 1.63. The van der Waals surface area contributed by atoms with Crippen LogP contribution in [-0.2, 0) is 6.54 Å². The van der Waals surface area contributed by atoms with Gasteiger partial charge in [0.15, 0.2) is 0 Å². The van der Waals surface area contributed by atoms with Crippen LogP contribution < -0.4 is 5.32 Å². The van der Waals surface area contributed by atoms with E-state index in [1.807, 2.05) is 0 Å². The van der Waals surface area contributed by atoms with Crippen molar-refractivity contribution in [2.75, 3.05) is 0 Å². The van der Waals surface area contributed by atoms with Crippen molar-refractivity contribution in [1.29, 1.82) is 0 Å². The molecule has 0 unspecified atom stereocenters. The van der Waals surface area contributed by atoms with Crippen molar-refractivity contribution in [2.24, 2.45) is 0 Å². The third-order valence-corrected chi connectivity index (χ3v) is 2.66. The zero-order valence-electron chi connectivity index (χ0n) is 10.2. The lowest BCUT2D eigenvalue weighted by Gasteiger charge is -2.08. The van der Waals surface area contributed by atoms with E-state index < -0.39 is 23.4 Å². The highest BCUT2D eigenvalue weighted by atomic mass is 19.1. The Balaban J connectivity index is 2.10. The van der Waals surface area contributed by atoms with Crippen molar-refractivity contribution in [3.8, 4) is 5.75 Å². The Hall–Kier alpha value is -2.50. The van der Waals surface area contributed by atoms with Gasteiger partial charge < -0.3 is 10.4 Å². The van der Waals surface area contributed by atoms with Crippen LogP contribution in [-0.4, -0.2) is 11.0 Å². The van der Waals surface area contributed by atoms with Gasteiger partial charge in [0.05, 0.1) is 5.56 Å². The Morgan fingerprint density at radius 2 is 1.70 bits per heavy atom. The van der Waals surface area contributed by atoms with Gasteiger partial charge in [-0.05, 0) is 24.3 Å². The number of nitrogens with one attached hydrogen (secondary N) is 1. The zero-order valence-corrected chi connectivity index (χ0v) is 10.2. The van der Waals surface area contributed by atoms with E-state index in [2.05, 4.69) is 5.32 Å². The lowest BCUT2D eigenvalue weighted by Crippen LogP contribution is -2.23. The Labute approximate surface area is 112 Å². The fourth-order valence-corrected chi connectivity index (χ4v) is 1.63. The molecule has 0 saturated heterocycles. The second kappa shape index (κ2) is 5.64. The number of benzene rings is 2. The quantitative estimate of drug-likeness (QED) is 0.908. The van der Waals surface area contributed by atoms with Crippen molar-refractivity contribution in [3.63, 3.8) is 0 Å². The molecule has 20 heavy (non-hydrogen) atoms. The van der Waals surface area contributed by atoms with Gasteiger partial charge >= 0.3 is 0 Å². The minimum Gasteiger partial charge on any atom is -0.507 e. The second-order valence-electron chi connectivity index (χ2n) is 4.08. The number of carbonyl (C=O) groups excluding carboxylic acids is 1. The number of rotatable bonds is 3. The predicted molar refractivity (Wildman–Crippen MR) is 65.6 cm³/mol. The monoisotopic (exact) mass is 281 g/mol. The molecule has 104 valence electrons. The van der Waals surface area contributed by atoms with Gasteiger partial charge in [-0.2, -0.15) is 0 Å². The van der Waals surface area contributed by atoms with Crippen LogP contribution in [0.2, 0.25) is 0 Å². The summed E-state index contributed by atoms with van der Waals surface area (Å²) in [4.78, 5) is 11.7. The topological polar surface area (TPSA) is 49.3 Å². The van der Waals surface area contributed by atoms with Crippen molar-refractivity contribution in [3.05, 3.63) is 65.0 Å². The van der Waals surface area contributed by atoms with E-state index in [4.69, 9.17) is 0 Å². The molecule has 0 saturated carbocycles. The Morgan fingerprint density at radius 3 is 2.40 bits per heavy atom. The van der Waals surface area contributed by atoms with Gasteiger partial charge in [0, 0.05) is 18.2 Å². The molecule has 2 aromatic carbocycles. The highest BCUT2D eigenvalue weighted by molar-refractivity contribution is 5.96. The number of phenolic OH excluding ortho intramolecular Hbond substituents is 1. The molecule has 6 heteroatoms. The van der Waals surface area contributed by atoms with E-state index in [0.29, 0.717) is 6.07 Å². The smallest absolute Gasteiger partial charge is 0.255 e. The molecule has 0 aromatic heterocycles. The van der Waals surface area contributed by atoms with E-state index in [1.54, 1.807) is 0 Å². The SMILES string of the molecule is O=C(NCc1ccc(F)cc1F)c1cc(F)ccc1O. The van der Waals surface area contributed by atoms with Gasteiger partial charge in [-0.15, -0.1) is 0 Å². The summed E-state index contributed by atoms with van der Waals surface area (Å²) in [7, 11) is 0. The third-order valence-electron chi connectivity index (χ3n) is 2.66. The third kappa shape index (κ3) is 3.09. The van der Waals surface area contributed by atoms with Crippen LogP contribution in [0.3, 0.4) is 0 Å². The van der Waals surface area contributed by atoms with E-state index in [-0.39, 0.29) is 23.4 Å². The molecule has 0 bridgehead atoms. The first-order valence-corrected chi connectivity index (χ1v) is 5.68. The Kier molecular flexibility index (Phi) is 3.93. The standard InChI is InChI=1S/C14H10F3NO2/c15-9-3-4-13(19)11(5-9)14(20)18-7-8-1-2-10(16)6-12(8)17/h1-6,19H,7H2,(H,18,20). The van der Waals surface area contributed by atoms with Gasteiger partial charge in [-0.25, -0.2) is 13.2 Å². The molecule has 1 amide bonds. The molecule has 0 radical (unpaired) electrons. The van der Waals surface area contributed by atoms with Crippen LogP contribution in [0.1, 0.15) is 15.9 Å². The Morgan fingerprint density at radius 1 is 1.05 bits per heavy atom. The normalized spacial score (nSPS) is 10.3. The van der Waals surface area contributed by atoms with Gasteiger partial charge in [-0.3, -0.25) is 4.79 Å². The number of carbonyl (C=O) groups is 1. The second-order valence-corrected chi connectivity index (χ2v) is 4.08. The minimum absolute atomic E-state index is 0.0793. The van der Waals surface area contributed by atoms with Gasteiger partial charge in [0.2, 0.25) is 0 Å². The molecule has 0 spiro atoms. The lowest BCUT2D eigenvalue weighted by atomic mass is 10.1. The maximum Gasteiger partial charge on any atom is 0.255 e. The van der Waals surface area contributed by atoms with Crippen molar-refractivity contribution >= 4 is 5.91 Å². The first-order chi connectivity index (χ1) is 9.47. The van der Waals surface area contributed by atoms with Gasteiger partial charge in [0.1, 0.15) is 23.2 Å². The molecule has 3 nitrogen and oxygen atoms in total. The molecule has 0 heterocycles. The number of hydrogen-bond donors (Lipinski definition) is 2. The summed E-state index contributed by atoms with van der Waals surface area (Å²) in [5, 5.41) is 11.8. The van der Waals surface area contributed by atoms with Crippen molar-refractivity contribution in [2.45, 2.75) is 6.54 Å². The molecular weight excluding hydrogens is 271 g/mol. The largest absolute Gasteiger partial charge is 0.507 e. The minimum atomic E-state index is -0.797. The highest BCUT2D eigenvalue weighted by Crippen LogP contribution is 2.18. The average molecular weight is 281 g/mol. The van der Waals surface area contributed by atoms with Crippen LogP contribution >= 0.6 is 0 Å². The molecule has 0 fully saturated rings. The summed E-state index contributed by atoms with van der Waals surface area (Å²) in [5.74, 6) is -3.34. The maximum absolute atomic E-state index is 13.3. The van der Waals surface area contributed by atoms with Crippen LogP contribution in [0.5, 0.6) is 5.75 Å². The van der Waals surface area contributed by atoms with E-state index in [9.17, 15) is 23.1 Å². The molecule has 0 atom stereocenters. The summed E-state index contributed by atoms with van der Waals surface area (Å²) >= 11 is 0. The summed E-state index contributed by atoms with van der Waals surface area (Å²) in [5.41, 5.74) is -0.178. The summed E-state index contributed by atoms with van der Waals surface area (Å²) in [6, 6.07) is 5.86. The molecule has 0 aliphatic rings. The predicted octanol–water partition coefficient (Wildman–Crippen LogP) is 2.74. The average Bonchev–Trinajstić information content (AvgIpc) is 2.40. The highest BCUT2D eigenvalue weighted by Gasteiger charge is 2.13. The van der Waals surface area contributed by atoms with Gasteiger partial charge in [-0.1, -0.05) is 6.07 Å². The van der Waals surface area contributed by atoms with E-state index in [0.717, 1.165) is 24.3 Å². The number of phenols is 1. The number of amides is 1. The molecule has 2 aromatic rings. The lowest BCUT2D eigenvalue weighted by molar-refractivity contribution is 0.0947. The number of hydrogen-bond acceptors (Lipinski definition) is 2. The fraction of sp³-hybridized carbons (Fsp3) is 0.0714. The van der Waals surface area contributed by atoms with Crippen LogP contribution in [0, 0.1) is 17.5 Å². The molecule has 0 aliphatic heterocycles.